The first-order valence-electron chi connectivity index (χ1n) is 12.5. The third kappa shape index (κ3) is 5.61. The second-order valence-corrected chi connectivity index (χ2v) is 9.77. The molecule has 1 spiro atoms. The van der Waals surface area contributed by atoms with E-state index in [-0.39, 0.29) is 17.5 Å². The zero-order valence-corrected chi connectivity index (χ0v) is 20.5. The number of carbonyl (C=O) groups is 2. The molecular weight excluding hydrogens is 426 g/mol. The molecule has 2 aromatic rings. The van der Waals surface area contributed by atoms with Gasteiger partial charge in [-0.3, -0.25) is 14.5 Å². The summed E-state index contributed by atoms with van der Waals surface area (Å²) < 4.78 is 6.04. The van der Waals surface area contributed by atoms with Crippen molar-refractivity contribution in [3.05, 3.63) is 59.7 Å². The Bertz CT molecular complexity index is 967. The summed E-state index contributed by atoms with van der Waals surface area (Å²) >= 11 is 0. The number of aldehydes is 1. The number of para-hydroxylation sites is 1. The van der Waals surface area contributed by atoms with Gasteiger partial charge in [-0.05, 0) is 74.9 Å². The van der Waals surface area contributed by atoms with E-state index in [1.54, 1.807) is 0 Å². The lowest BCUT2D eigenvalue weighted by Crippen LogP contribution is -2.52. The molecule has 0 bridgehead atoms. The van der Waals surface area contributed by atoms with Crippen molar-refractivity contribution in [1.29, 1.82) is 0 Å². The fourth-order valence-electron chi connectivity index (χ4n) is 5.33. The van der Waals surface area contributed by atoms with Gasteiger partial charge in [-0.2, -0.15) is 0 Å². The van der Waals surface area contributed by atoms with Crippen LogP contribution in [0.5, 0.6) is 5.75 Å². The van der Waals surface area contributed by atoms with Crippen molar-refractivity contribution in [2.75, 3.05) is 38.6 Å². The SMILES string of the molecule is CC(Nc1ccc(C=O)cc1)N1CCC2(CCCCc3ccccc3OCCN(C)C2=O)CC1. The number of amides is 1. The molecular formula is C28H37N3O3. The Labute approximate surface area is 203 Å². The normalized spacial score (nSPS) is 20.4. The third-order valence-corrected chi connectivity index (χ3v) is 7.53. The molecule has 182 valence electrons. The third-order valence-electron chi connectivity index (χ3n) is 7.53. The van der Waals surface area contributed by atoms with Gasteiger partial charge < -0.3 is 15.0 Å². The van der Waals surface area contributed by atoms with Gasteiger partial charge in [0.1, 0.15) is 18.6 Å². The molecule has 2 heterocycles. The van der Waals surface area contributed by atoms with Crippen molar-refractivity contribution in [1.82, 2.24) is 9.80 Å². The predicted octanol–water partition coefficient (Wildman–Crippen LogP) is 4.60. The monoisotopic (exact) mass is 463 g/mol. The topological polar surface area (TPSA) is 61.9 Å². The molecule has 1 saturated heterocycles. The Morgan fingerprint density at radius 3 is 2.47 bits per heavy atom. The highest BCUT2D eigenvalue weighted by atomic mass is 16.5. The molecule has 2 aliphatic heterocycles. The lowest BCUT2D eigenvalue weighted by Gasteiger charge is -2.44. The number of likely N-dealkylation sites (N-methyl/N-ethyl adjacent to an activating group) is 1. The van der Waals surface area contributed by atoms with Crippen LogP contribution in [0, 0.1) is 5.41 Å². The number of carbonyl (C=O) groups excluding carboxylic acids is 2. The molecule has 2 aromatic carbocycles. The van der Waals surface area contributed by atoms with Crippen LogP contribution in [0.1, 0.15) is 54.9 Å². The van der Waals surface area contributed by atoms with Crippen LogP contribution in [-0.2, 0) is 11.2 Å². The van der Waals surface area contributed by atoms with Crippen molar-refractivity contribution in [3.63, 3.8) is 0 Å². The van der Waals surface area contributed by atoms with E-state index in [4.69, 9.17) is 4.74 Å². The molecule has 4 rings (SSSR count). The lowest BCUT2D eigenvalue weighted by molar-refractivity contribution is -0.145. The Morgan fingerprint density at radius 1 is 1.00 bits per heavy atom. The number of hydrogen-bond acceptors (Lipinski definition) is 5. The first-order valence-corrected chi connectivity index (χ1v) is 12.5. The molecule has 1 amide bonds. The summed E-state index contributed by atoms with van der Waals surface area (Å²) in [7, 11) is 1.92. The minimum Gasteiger partial charge on any atom is -0.491 e. The molecule has 0 aliphatic carbocycles. The smallest absolute Gasteiger partial charge is 0.228 e. The van der Waals surface area contributed by atoms with Crippen LogP contribution < -0.4 is 10.1 Å². The number of fused-ring (bicyclic) bond motifs is 1. The molecule has 0 saturated carbocycles. The number of hydrogen-bond donors (Lipinski definition) is 1. The first-order chi connectivity index (χ1) is 16.5. The predicted molar refractivity (Wildman–Crippen MR) is 135 cm³/mol. The number of anilines is 1. The molecule has 1 unspecified atom stereocenters. The second kappa shape index (κ2) is 11.0. The van der Waals surface area contributed by atoms with E-state index < -0.39 is 0 Å². The van der Waals surface area contributed by atoms with Gasteiger partial charge in [0.15, 0.2) is 0 Å². The lowest BCUT2D eigenvalue weighted by atomic mass is 9.73. The van der Waals surface area contributed by atoms with E-state index in [1.165, 1.54) is 5.56 Å². The van der Waals surface area contributed by atoms with Crippen LogP contribution in [-0.4, -0.2) is 61.4 Å². The van der Waals surface area contributed by atoms with E-state index in [0.29, 0.717) is 18.7 Å². The molecule has 1 N–H and O–H groups in total. The summed E-state index contributed by atoms with van der Waals surface area (Å²) in [6, 6.07) is 15.8. The number of nitrogens with one attached hydrogen (secondary N) is 1. The maximum atomic E-state index is 13.6. The van der Waals surface area contributed by atoms with Crippen LogP contribution in [0.2, 0.25) is 0 Å². The highest BCUT2D eigenvalue weighted by Gasteiger charge is 2.43. The van der Waals surface area contributed by atoms with Gasteiger partial charge >= 0.3 is 0 Å². The van der Waals surface area contributed by atoms with Gasteiger partial charge in [0, 0.05) is 31.4 Å². The number of ether oxygens (including phenoxy) is 1. The van der Waals surface area contributed by atoms with E-state index in [9.17, 15) is 9.59 Å². The van der Waals surface area contributed by atoms with Gasteiger partial charge in [0.2, 0.25) is 5.91 Å². The zero-order valence-electron chi connectivity index (χ0n) is 20.5. The summed E-state index contributed by atoms with van der Waals surface area (Å²) in [6.45, 7) is 5.06. The highest BCUT2D eigenvalue weighted by molar-refractivity contribution is 5.82. The van der Waals surface area contributed by atoms with E-state index in [1.807, 2.05) is 48.3 Å². The summed E-state index contributed by atoms with van der Waals surface area (Å²) in [5.74, 6) is 1.23. The summed E-state index contributed by atoms with van der Waals surface area (Å²) in [4.78, 5) is 28.8. The molecule has 0 aromatic heterocycles. The standard InChI is InChI=1S/C28H37N3O3/c1-22(29-25-12-10-23(21-32)11-13-25)31-17-15-28(16-18-31)14-6-5-8-24-7-3-4-9-26(24)34-20-19-30(2)27(28)33/h3-4,7,9-13,21-22,29H,5-6,8,14-20H2,1-2H3. The number of piperidine rings is 1. The molecule has 0 radical (unpaired) electrons. The molecule has 6 nitrogen and oxygen atoms in total. The quantitative estimate of drug-likeness (QED) is 0.672. The molecule has 6 heteroatoms. The van der Waals surface area contributed by atoms with Gasteiger partial charge in [-0.25, -0.2) is 0 Å². The van der Waals surface area contributed by atoms with Crippen molar-refractivity contribution in [3.8, 4) is 5.75 Å². The summed E-state index contributed by atoms with van der Waals surface area (Å²) in [5, 5.41) is 3.54. The molecule has 1 atom stereocenters. The Hall–Kier alpha value is -2.86. The fourth-order valence-corrected chi connectivity index (χ4v) is 5.33. The average Bonchev–Trinajstić information content (AvgIpc) is 2.87. The maximum absolute atomic E-state index is 13.6. The Morgan fingerprint density at radius 2 is 1.74 bits per heavy atom. The largest absolute Gasteiger partial charge is 0.491 e. The average molecular weight is 464 g/mol. The summed E-state index contributed by atoms with van der Waals surface area (Å²) in [5.41, 5.74) is 2.66. The van der Waals surface area contributed by atoms with E-state index >= 15 is 0 Å². The van der Waals surface area contributed by atoms with Gasteiger partial charge in [-0.1, -0.05) is 24.6 Å². The molecule has 34 heavy (non-hydrogen) atoms. The number of rotatable bonds is 4. The van der Waals surface area contributed by atoms with Crippen LogP contribution in [0.15, 0.2) is 48.5 Å². The van der Waals surface area contributed by atoms with Crippen LogP contribution >= 0.6 is 0 Å². The first kappa shape index (κ1) is 24.3. The van der Waals surface area contributed by atoms with Crippen molar-refractivity contribution < 1.29 is 14.3 Å². The Kier molecular flexibility index (Phi) is 7.88. The van der Waals surface area contributed by atoms with Crippen molar-refractivity contribution >= 4 is 17.9 Å². The van der Waals surface area contributed by atoms with Crippen molar-refractivity contribution in [2.24, 2.45) is 5.41 Å². The minimum absolute atomic E-state index is 0.156. The number of benzene rings is 2. The van der Waals surface area contributed by atoms with Crippen LogP contribution in [0.3, 0.4) is 0 Å². The van der Waals surface area contributed by atoms with E-state index in [0.717, 1.165) is 69.3 Å². The Balaban J connectivity index is 1.39. The zero-order chi connectivity index (χ0) is 24.0. The molecule has 1 fully saturated rings. The van der Waals surface area contributed by atoms with Crippen molar-refractivity contribution in [2.45, 2.75) is 51.6 Å². The molecule has 2 aliphatic rings. The second-order valence-electron chi connectivity index (χ2n) is 9.77. The number of aryl methyl sites for hydroxylation is 1. The van der Waals surface area contributed by atoms with Crippen LogP contribution in [0.4, 0.5) is 5.69 Å². The minimum atomic E-state index is -0.282. The number of likely N-dealkylation sites (tertiary alicyclic amines) is 1. The van der Waals surface area contributed by atoms with E-state index in [2.05, 4.69) is 29.3 Å². The van der Waals surface area contributed by atoms with Gasteiger partial charge in [0.05, 0.1) is 18.1 Å². The van der Waals surface area contributed by atoms with Gasteiger partial charge in [-0.15, -0.1) is 0 Å². The fraction of sp³-hybridized carbons (Fsp3) is 0.500. The van der Waals surface area contributed by atoms with Crippen LogP contribution in [0.25, 0.3) is 0 Å². The summed E-state index contributed by atoms with van der Waals surface area (Å²) in [6.07, 6.45) is 6.83. The maximum Gasteiger partial charge on any atom is 0.228 e. The van der Waals surface area contributed by atoms with Gasteiger partial charge in [0.25, 0.3) is 0 Å². The number of nitrogens with zero attached hydrogens (tertiary/aromatic N) is 2. The highest BCUT2D eigenvalue weighted by Crippen LogP contribution is 2.39.